The van der Waals surface area contributed by atoms with Crippen LogP contribution < -0.4 is 0 Å². The van der Waals surface area contributed by atoms with E-state index >= 15 is 0 Å². The van der Waals surface area contributed by atoms with E-state index in [2.05, 4.69) is 11.8 Å². The number of aliphatic hydroxyl groups is 1. The summed E-state index contributed by atoms with van der Waals surface area (Å²) in [5, 5.41) is 18.0. The first-order valence-corrected chi connectivity index (χ1v) is 14.3. The predicted molar refractivity (Wildman–Crippen MR) is 138 cm³/mol. The van der Waals surface area contributed by atoms with Gasteiger partial charge in [-0.25, -0.2) is 0 Å². The van der Waals surface area contributed by atoms with Crippen LogP contribution in [0, 0.1) is 11.8 Å². The molecule has 1 saturated carbocycles. The topological polar surface area (TPSA) is 87.1 Å². The van der Waals surface area contributed by atoms with Gasteiger partial charge in [0.2, 0.25) is 0 Å². The number of aliphatic hydroxyl groups excluding tert-OH is 1. The molecule has 6 nitrogen and oxygen atoms in total. The molecule has 0 aliphatic heterocycles. The molecule has 0 radical (unpaired) electrons. The fourth-order valence-corrected chi connectivity index (χ4v) is 4.73. The van der Waals surface area contributed by atoms with Gasteiger partial charge in [0.25, 0.3) is 0 Å². The van der Waals surface area contributed by atoms with Gasteiger partial charge in [0.1, 0.15) is 0 Å². The fourth-order valence-electron chi connectivity index (χ4n) is 4.73. The lowest BCUT2D eigenvalue weighted by Crippen LogP contribution is -2.29. The van der Waals surface area contributed by atoms with E-state index in [1.165, 1.54) is 38.5 Å². The summed E-state index contributed by atoms with van der Waals surface area (Å²) in [6.07, 6.45) is 19.2. The minimum absolute atomic E-state index is 0.0197. The van der Waals surface area contributed by atoms with Crippen molar-refractivity contribution in [1.82, 2.24) is 4.90 Å². The van der Waals surface area contributed by atoms with Gasteiger partial charge in [-0.2, -0.15) is 0 Å². The number of unbranched alkanes of at least 4 members (excludes halogenated alkanes) is 11. The van der Waals surface area contributed by atoms with Crippen molar-refractivity contribution < 1.29 is 24.5 Å². The van der Waals surface area contributed by atoms with Crippen LogP contribution in [-0.4, -0.2) is 59.9 Å². The van der Waals surface area contributed by atoms with Gasteiger partial charge in [-0.05, 0) is 57.0 Å². The number of carbonyl (C=O) groups excluding carboxylic acids is 1. The summed E-state index contributed by atoms with van der Waals surface area (Å²) in [6, 6.07) is 0. The van der Waals surface area contributed by atoms with Gasteiger partial charge in [-0.15, -0.1) is 0 Å². The van der Waals surface area contributed by atoms with Crippen molar-refractivity contribution in [3.05, 3.63) is 0 Å². The maximum Gasteiger partial charge on any atom is 0.305 e. The monoisotopic (exact) mass is 483 g/mol. The Hall–Kier alpha value is -1.14. The van der Waals surface area contributed by atoms with Crippen LogP contribution in [0.15, 0.2) is 0 Å². The quantitative estimate of drug-likeness (QED) is 0.119. The van der Waals surface area contributed by atoms with Crippen molar-refractivity contribution in [2.45, 2.75) is 122 Å². The van der Waals surface area contributed by atoms with E-state index in [1.54, 1.807) is 0 Å². The highest BCUT2D eigenvalue weighted by Crippen LogP contribution is 2.42. The van der Waals surface area contributed by atoms with E-state index in [4.69, 9.17) is 9.84 Å². The third kappa shape index (κ3) is 18.2. The molecular weight excluding hydrogens is 430 g/mol. The number of aliphatic carboxylic acids is 1. The average Bonchev–Trinajstić information content (AvgIpc) is 3.57. The Balaban J connectivity index is 1.91. The molecule has 0 aromatic rings. The first-order chi connectivity index (χ1) is 16.6. The zero-order valence-electron chi connectivity index (χ0n) is 22.0. The molecule has 0 aromatic heterocycles. The van der Waals surface area contributed by atoms with Crippen LogP contribution in [0.1, 0.15) is 122 Å². The molecule has 1 rings (SSSR count). The smallest absolute Gasteiger partial charge is 0.305 e. The molecule has 1 aliphatic carbocycles. The standard InChI is InChI=1S/C28H53NO5/c1-2-3-4-11-16-25-23-26(25)24-34-28(33)18-13-8-6-10-15-20-29(21-22-30)19-14-9-5-7-12-17-27(31)32/h25-26,30H,2-24H2,1H3,(H,31,32). The van der Waals surface area contributed by atoms with Crippen LogP contribution in [0.3, 0.4) is 0 Å². The molecule has 2 atom stereocenters. The molecule has 2 N–H and O–H groups in total. The summed E-state index contributed by atoms with van der Waals surface area (Å²) < 4.78 is 5.49. The number of carboxylic acids is 1. The van der Waals surface area contributed by atoms with Gasteiger partial charge in [0.15, 0.2) is 0 Å². The minimum atomic E-state index is -0.705. The van der Waals surface area contributed by atoms with E-state index in [0.717, 1.165) is 89.8 Å². The zero-order chi connectivity index (χ0) is 24.9. The van der Waals surface area contributed by atoms with Crippen LogP contribution in [0.5, 0.6) is 0 Å². The lowest BCUT2D eigenvalue weighted by Gasteiger charge is -2.21. The van der Waals surface area contributed by atoms with Gasteiger partial charge in [0, 0.05) is 19.4 Å². The molecule has 0 spiro atoms. The number of ether oxygens (including phenoxy) is 1. The molecule has 1 fully saturated rings. The van der Waals surface area contributed by atoms with Gasteiger partial charge < -0.3 is 19.8 Å². The molecular formula is C28H53NO5. The largest absolute Gasteiger partial charge is 0.481 e. The second-order valence-corrected chi connectivity index (χ2v) is 10.3. The molecule has 0 heterocycles. The molecule has 0 aromatic carbocycles. The van der Waals surface area contributed by atoms with Crippen molar-refractivity contribution in [2.75, 3.05) is 32.8 Å². The highest BCUT2D eigenvalue weighted by atomic mass is 16.5. The molecule has 0 amide bonds. The normalized spacial score (nSPS) is 17.3. The van der Waals surface area contributed by atoms with Crippen LogP contribution in [0.25, 0.3) is 0 Å². The number of carbonyl (C=O) groups is 2. The maximum absolute atomic E-state index is 12.0. The summed E-state index contributed by atoms with van der Waals surface area (Å²) in [5.74, 6) is 0.709. The Morgan fingerprint density at radius 1 is 0.765 bits per heavy atom. The van der Waals surface area contributed by atoms with E-state index in [0.29, 0.717) is 18.9 Å². The summed E-state index contributed by atoms with van der Waals surface area (Å²) in [7, 11) is 0. The summed E-state index contributed by atoms with van der Waals surface area (Å²) >= 11 is 0. The Morgan fingerprint density at radius 3 is 1.97 bits per heavy atom. The second kappa shape index (κ2) is 21.2. The predicted octanol–water partition coefficient (Wildman–Crippen LogP) is 6.20. The highest BCUT2D eigenvalue weighted by Gasteiger charge is 2.37. The van der Waals surface area contributed by atoms with E-state index in [-0.39, 0.29) is 19.0 Å². The molecule has 1 aliphatic rings. The van der Waals surface area contributed by atoms with Gasteiger partial charge >= 0.3 is 11.9 Å². The number of hydrogen-bond acceptors (Lipinski definition) is 5. The third-order valence-electron chi connectivity index (χ3n) is 7.09. The Labute approximate surface area is 208 Å². The molecule has 0 bridgehead atoms. The molecule has 34 heavy (non-hydrogen) atoms. The Morgan fingerprint density at radius 2 is 1.35 bits per heavy atom. The first kappa shape index (κ1) is 30.9. The maximum atomic E-state index is 12.0. The van der Waals surface area contributed by atoms with Gasteiger partial charge in [0.05, 0.1) is 13.2 Å². The van der Waals surface area contributed by atoms with Crippen LogP contribution in [-0.2, 0) is 14.3 Å². The van der Waals surface area contributed by atoms with Gasteiger partial charge in [-0.3, -0.25) is 9.59 Å². The summed E-state index contributed by atoms with van der Waals surface area (Å²) in [5.41, 5.74) is 0. The molecule has 0 saturated heterocycles. The van der Waals surface area contributed by atoms with E-state index < -0.39 is 5.97 Å². The minimum Gasteiger partial charge on any atom is -0.481 e. The van der Waals surface area contributed by atoms with Crippen molar-refractivity contribution in [3.63, 3.8) is 0 Å². The Bertz CT molecular complexity index is 513. The summed E-state index contributed by atoms with van der Waals surface area (Å²) in [4.78, 5) is 24.8. The number of rotatable bonds is 25. The van der Waals surface area contributed by atoms with E-state index in [1.807, 2.05) is 0 Å². The fraction of sp³-hybridized carbons (Fsp3) is 0.929. The number of hydrogen-bond donors (Lipinski definition) is 2. The van der Waals surface area contributed by atoms with Crippen molar-refractivity contribution in [1.29, 1.82) is 0 Å². The Kier molecular flexibility index (Phi) is 19.2. The lowest BCUT2D eigenvalue weighted by atomic mass is 10.1. The zero-order valence-corrected chi connectivity index (χ0v) is 22.0. The summed E-state index contributed by atoms with van der Waals surface area (Å²) in [6.45, 7) is 5.83. The lowest BCUT2D eigenvalue weighted by molar-refractivity contribution is -0.144. The van der Waals surface area contributed by atoms with E-state index in [9.17, 15) is 14.7 Å². The second-order valence-electron chi connectivity index (χ2n) is 10.3. The highest BCUT2D eigenvalue weighted by molar-refractivity contribution is 5.69. The van der Waals surface area contributed by atoms with Crippen LogP contribution in [0.2, 0.25) is 0 Å². The molecule has 200 valence electrons. The number of carboxylic acid groups (broad SMARTS) is 1. The number of esters is 1. The van der Waals surface area contributed by atoms with Gasteiger partial charge in [-0.1, -0.05) is 77.6 Å². The van der Waals surface area contributed by atoms with Crippen molar-refractivity contribution in [2.24, 2.45) is 11.8 Å². The van der Waals surface area contributed by atoms with Crippen molar-refractivity contribution in [3.8, 4) is 0 Å². The van der Waals surface area contributed by atoms with Crippen LogP contribution in [0.4, 0.5) is 0 Å². The van der Waals surface area contributed by atoms with Crippen molar-refractivity contribution >= 4 is 11.9 Å². The SMILES string of the molecule is CCCCCCC1CC1COC(=O)CCCCCCCN(CCO)CCCCCCCC(=O)O. The third-order valence-corrected chi connectivity index (χ3v) is 7.09. The average molecular weight is 484 g/mol. The van der Waals surface area contributed by atoms with Crippen LogP contribution >= 0.6 is 0 Å². The first-order valence-electron chi connectivity index (χ1n) is 14.3. The number of nitrogens with zero attached hydrogens (tertiary/aromatic N) is 1. The molecule has 2 unspecified atom stereocenters. The molecule has 6 heteroatoms.